The highest BCUT2D eigenvalue weighted by molar-refractivity contribution is 7.89. The number of rotatable bonds is 3. The second-order valence-corrected chi connectivity index (χ2v) is 9.73. The van der Waals surface area contributed by atoms with Crippen molar-refractivity contribution in [2.45, 2.75) is 49.5 Å². The minimum Gasteiger partial charge on any atom is -0.346 e. The second kappa shape index (κ2) is 7.60. The lowest BCUT2D eigenvalue weighted by molar-refractivity contribution is 0.121. The van der Waals surface area contributed by atoms with Crippen molar-refractivity contribution in [1.29, 1.82) is 0 Å². The standard InChI is InChI=1S/C18H27N3O2S2/c1-20(2)25(22,23)16-10-5-9-15(13-16)19-18(24)21-12-6-8-14-7-3-4-11-17(14)21/h5,9-10,13-14,17H,3-4,6-8,11-12H2,1-2H3,(H,19,24)/t14-,17-/m0/s1. The van der Waals surface area contributed by atoms with E-state index >= 15 is 0 Å². The van der Waals surface area contributed by atoms with Crippen LogP contribution in [0, 0.1) is 5.92 Å². The minimum atomic E-state index is -3.44. The van der Waals surface area contributed by atoms with Gasteiger partial charge in [-0.1, -0.05) is 18.9 Å². The SMILES string of the molecule is CN(C)S(=O)(=O)c1cccc(NC(=S)N2CCC[C@@H]3CCCC[C@@H]32)c1. The van der Waals surface area contributed by atoms with E-state index in [0.717, 1.165) is 23.3 Å². The molecule has 1 heterocycles. The van der Waals surface area contributed by atoms with Crippen LogP contribution >= 0.6 is 12.2 Å². The van der Waals surface area contributed by atoms with Crippen molar-refractivity contribution in [2.24, 2.45) is 5.92 Å². The highest BCUT2D eigenvalue weighted by Crippen LogP contribution is 2.35. The number of hydrogen-bond acceptors (Lipinski definition) is 3. The Balaban J connectivity index is 1.75. The summed E-state index contributed by atoms with van der Waals surface area (Å²) in [5.74, 6) is 0.753. The number of piperidine rings is 1. The van der Waals surface area contributed by atoms with E-state index in [2.05, 4.69) is 10.2 Å². The van der Waals surface area contributed by atoms with Crippen molar-refractivity contribution in [3.8, 4) is 0 Å². The van der Waals surface area contributed by atoms with Gasteiger partial charge in [0.25, 0.3) is 0 Å². The zero-order valence-electron chi connectivity index (χ0n) is 14.9. The molecule has 1 N–H and O–H groups in total. The van der Waals surface area contributed by atoms with Gasteiger partial charge < -0.3 is 10.2 Å². The molecule has 7 heteroatoms. The molecule has 1 aromatic rings. The molecular weight excluding hydrogens is 354 g/mol. The first-order valence-corrected chi connectivity index (χ1v) is 10.8. The summed E-state index contributed by atoms with van der Waals surface area (Å²) in [6.45, 7) is 0.989. The van der Waals surface area contributed by atoms with Crippen LogP contribution in [0.15, 0.2) is 29.2 Å². The Labute approximate surface area is 156 Å². The Hall–Kier alpha value is -1.18. The topological polar surface area (TPSA) is 52.7 Å². The Morgan fingerprint density at radius 2 is 1.92 bits per heavy atom. The molecule has 2 fully saturated rings. The minimum absolute atomic E-state index is 0.277. The molecule has 25 heavy (non-hydrogen) atoms. The summed E-state index contributed by atoms with van der Waals surface area (Å²) in [5.41, 5.74) is 0.728. The molecule has 1 aliphatic heterocycles. The maximum atomic E-state index is 12.3. The fourth-order valence-electron chi connectivity index (χ4n) is 4.02. The molecule has 0 amide bonds. The molecule has 0 radical (unpaired) electrons. The highest BCUT2D eigenvalue weighted by atomic mass is 32.2. The van der Waals surface area contributed by atoms with Gasteiger partial charge in [0.1, 0.15) is 0 Å². The van der Waals surface area contributed by atoms with Crippen molar-refractivity contribution < 1.29 is 8.42 Å². The number of fused-ring (bicyclic) bond motifs is 1. The Morgan fingerprint density at radius 1 is 1.20 bits per heavy atom. The van der Waals surface area contributed by atoms with E-state index < -0.39 is 10.0 Å². The lowest BCUT2D eigenvalue weighted by atomic mass is 9.78. The summed E-state index contributed by atoms with van der Waals surface area (Å²) in [6, 6.07) is 7.42. The summed E-state index contributed by atoms with van der Waals surface area (Å²) in [4.78, 5) is 2.61. The predicted molar refractivity (Wildman–Crippen MR) is 105 cm³/mol. The molecule has 0 unspecified atom stereocenters. The van der Waals surface area contributed by atoms with Gasteiger partial charge in [0.2, 0.25) is 10.0 Å². The lowest BCUT2D eigenvalue weighted by Crippen LogP contribution is -2.51. The lowest BCUT2D eigenvalue weighted by Gasteiger charge is -2.45. The fourth-order valence-corrected chi connectivity index (χ4v) is 5.31. The van der Waals surface area contributed by atoms with Crippen LogP contribution in [0.25, 0.3) is 0 Å². The van der Waals surface area contributed by atoms with Crippen LogP contribution in [0.1, 0.15) is 38.5 Å². The fraction of sp³-hybridized carbons (Fsp3) is 0.611. The number of sulfonamides is 1. The van der Waals surface area contributed by atoms with Crippen LogP contribution < -0.4 is 5.32 Å². The zero-order valence-corrected chi connectivity index (χ0v) is 16.6. The van der Waals surface area contributed by atoms with E-state index in [1.54, 1.807) is 18.2 Å². The van der Waals surface area contributed by atoms with Gasteiger partial charge in [-0.05, 0) is 62.0 Å². The van der Waals surface area contributed by atoms with E-state index in [1.165, 1.54) is 56.9 Å². The number of hydrogen-bond donors (Lipinski definition) is 1. The second-order valence-electron chi connectivity index (χ2n) is 7.19. The smallest absolute Gasteiger partial charge is 0.242 e. The van der Waals surface area contributed by atoms with Crippen LogP contribution in [0.5, 0.6) is 0 Å². The van der Waals surface area contributed by atoms with Crippen molar-refractivity contribution in [3.63, 3.8) is 0 Å². The van der Waals surface area contributed by atoms with Crippen LogP contribution in [0.4, 0.5) is 5.69 Å². The average molecular weight is 382 g/mol. The van der Waals surface area contributed by atoms with Gasteiger partial charge in [0.05, 0.1) is 4.90 Å². The van der Waals surface area contributed by atoms with Crippen LogP contribution in [0.3, 0.4) is 0 Å². The Kier molecular flexibility index (Phi) is 5.65. The molecule has 5 nitrogen and oxygen atoms in total. The molecule has 1 aromatic carbocycles. The van der Waals surface area contributed by atoms with Gasteiger partial charge in [-0.15, -0.1) is 0 Å². The molecule has 1 saturated carbocycles. The third-order valence-electron chi connectivity index (χ3n) is 5.37. The molecule has 3 rings (SSSR count). The summed E-state index contributed by atoms with van der Waals surface area (Å²) in [5, 5.41) is 3.99. The summed E-state index contributed by atoms with van der Waals surface area (Å²) in [6.07, 6.45) is 7.61. The monoisotopic (exact) mass is 381 g/mol. The molecular formula is C18H27N3O2S2. The van der Waals surface area contributed by atoms with Crippen molar-refractivity contribution in [2.75, 3.05) is 26.0 Å². The number of thiocarbonyl (C=S) groups is 1. The molecule has 1 aliphatic carbocycles. The van der Waals surface area contributed by atoms with Gasteiger partial charge in [-0.2, -0.15) is 0 Å². The molecule has 0 aromatic heterocycles. The average Bonchev–Trinajstić information content (AvgIpc) is 2.61. The van der Waals surface area contributed by atoms with Crippen molar-refractivity contribution in [3.05, 3.63) is 24.3 Å². The number of likely N-dealkylation sites (tertiary alicyclic amines) is 1. The number of anilines is 1. The first-order valence-electron chi connectivity index (χ1n) is 9.00. The number of nitrogens with one attached hydrogen (secondary N) is 1. The summed E-state index contributed by atoms with van der Waals surface area (Å²) in [7, 11) is -0.365. The maximum absolute atomic E-state index is 12.3. The van der Waals surface area contributed by atoms with Crippen LogP contribution in [-0.2, 0) is 10.0 Å². The zero-order chi connectivity index (χ0) is 18.0. The molecule has 138 valence electrons. The van der Waals surface area contributed by atoms with Crippen LogP contribution in [0.2, 0.25) is 0 Å². The third kappa shape index (κ3) is 3.99. The molecule has 0 spiro atoms. The molecule has 2 aliphatic rings. The Bertz CT molecular complexity index is 732. The van der Waals surface area contributed by atoms with Gasteiger partial charge in [0, 0.05) is 32.4 Å². The van der Waals surface area contributed by atoms with Crippen LogP contribution in [-0.4, -0.2) is 49.4 Å². The summed E-state index contributed by atoms with van der Waals surface area (Å²) >= 11 is 5.67. The van der Waals surface area contributed by atoms with Gasteiger partial charge >= 0.3 is 0 Å². The Morgan fingerprint density at radius 3 is 2.68 bits per heavy atom. The van der Waals surface area contributed by atoms with Gasteiger partial charge in [0.15, 0.2) is 5.11 Å². The highest BCUT2D eigenvalue weighted by Gasteiger charge is 2.34. The quantitative estimate of drug-likeness (QED) is 0.814. The van der Waals surface area contributed by atoms with E-state index in [9.17, 15) is 8.42 Å². The number of nitrogens with zero attached hydrogens (tertiary/aromatic N) is 2. The van der Waals surface area contributed by atoms with E-state index in [0.29, 0.717) is 6.04 Å². The molecule has 2 atom stereocenters. The normalized spacial score (nSPS) is 24.0. The number of benzene rings is 1. The first kappa shape index (κ1) is 18.6. The first-order chi connectivity index (χ1) is 11.9. The van der Waals surface area contributed by atoms with Gasteiger partial charge in [-0.25, -0.2) is 12.7 Å². The van der Waals surface area contributed by atoms with Crippen molar-refractivity contribution >= 4 is 33.0 Å². The van der Waals surface area contributed by atoms with Crippen molar-refractivity contribution in [1.82, 2.24) is 9.21 Å². The molecule has 1 saturated heterocycles. The third-order valence-corrected chi connectivity index (χ3v) is 7.52. The largest absolute Gasteiger partial charge is 0.346 e. The van der Waals surface area contributed by atoms with Gasteiger partial charge in [-0.3, -0.25) is 0 Å². The van der Waals surface area contributed by atoms with E-state index in [-0.39, 0.29) is 4.90 Å². The van der Waals surface area contributed by atoms with E-state index in [1.807, 2.05) is 6.07 Å². The summed E-state index contributed by atoms with van der Waals surface area (Å²) < 4.78 is 25.9. The maximum Gasteiger partial charge on any atom is 0.242 e. The molecule has 0 bridgehead atoms. The van der Waals surface area contributed by atoms with E-state index in [4.69, 9.17) is 12.2 Å². The predicted octanol–water partition coefficient (Wildman–Crippen LogP) is 3.29.